The Hall–Kier alpha value is -3.64. The van der Waals surface area contributed by atoms with Crippen molar-refractivity contribution in [3.05, 3.63) is 85.1 Å². The van der Waals surface area contributed by atoms with Gasteiger partial charge < -0.3 is 9.73 Å². The number of hydrogen-bond donors (Lipinski definition) is 2. The van der Waals surface area contributed by atoms with Gasteiger partial charge in [-0.25, -0.2) is 0 Å². The molecule has 3 aromatic rings. The van der Waals surface area contributed by atoms with Crippen LogP contribution in [0.4, 0.5) is 17.1 Å². The number of nitro benzene ring substituents is 2. The molecule has 1 heterocycles. The van der Waals surface area contributed by atoms with Crippen molar-refractivity contribution in [2.24, 2.45) is 0 Å². The van der Waals surface area contributed by atoms with Crippen LogP contribution < -0.4 is 10.6 Å². The molecule has 2 aromatic carbocycles. The number of non-ortho nitro benzene ring substituents is 2. The van der Waals surface area contributed by atoms with Crippen LogP contribution in [0, 0.1) is 20.2 Å². The second kappa shape index (κ2) is 8.80. The van der Waals surface area contributed by atoms with Crippen LogP contribution in [0.1, 0.15) is 10.6 Å². The number of thiocarbonyl (C=S) groups is 1. The Morgan fingerprint density at radius 2 is 1.70 bits per heavy atom. The van der Waals surface area contributed by atoms with E-state index in [-0.39, 0.29) is 28.0 Å². The van der Waals surface area contributed by atoms with Gasteiger partial charge in [-0.15, -0.1) is 0 Å². The average Bonchev–Trinajstić information content (AvgIpc) is 3.20. The van der Waals surface area contributed by atoms with Gasteiger partial charge in [-0.3, -0.25) is 30.3 Å². The number of halogens is 1. The highest BCUT2D eigenvalue weighted by molar-refractivity contribution is 9.10. The van der Waals surface area contributed by atoms with Crippen LogP contribution in [0.5, 0.6) is 0 Å². The third-order valence-electron chi connectivity index (χ3n) is 3.81. The fourth-order valence-electron chi connectivity index (χ4n) is 2.43. The predicted molar refractivity (Wildman–Crippen MR) is 115 cm³/mol. The molecule has 0 atom stereocenters. The molecule has 0 aliphatic carbocycles. The Bertz CT molecular complexity index is 1180. The number of hydrogen-bond acceptors (Lipinski definition) is 7. The smallest absolute Gasteiger partial charge is 0.293 e. The summed E-state index contributed by atoms with van der Waals surface area (Å²) in [6, 6.07) is 12.8. The third kappa shape index (κ3) is 4.85. The number of rotatable bonds is 5. The molecule has 1 amide bonds. The fourth-order valence-corrected chi connectivity index (χ4v) is 3.09. The van der Waals surface area contributed by atoms with Crippen LogP contribution in [0.2, 0.25) is 0 Å². The van der Waals surface area contributed by atoms with E-state index in [0.29, 0.717) is 15.7 Å². The number of carbonyl (C=O) groups excluding carboxylic acids is 1. The number of nitro groups is 2. The SMILES string of the molecule is O=C(NC(=S)Nc1ccc([N+](=O)[O-])cc1Br)c1ccc(-c2cccc([N+](=O)[O-])c2)o1. The lowest BCUT2D eigenvalue weighted by Gasteiger charge is -2.10. The van der Waals surface area contributed by atoms with Gasteiger partial charge >= 0.3 is 0 Å². The van der Waals surface area contributed by atoms with Crippen molar-refractivity contribution >= 4 is 56.2 Å². The molecule has 0 bridgehead atoms. The second-order valence-electron chi connectivity index (χ2n) is 5.80. The summed E-state index contributed by atoms with van der Waals surface area (Å²) in [4.78, 5) is 33.0. The molecule has 0 fully saturated rings. The second-order valence-corrected chi connectivity index (χ2v) is 7.06. The van der Waals surface area contributed by atoms with E-state index in [9.17, 15) is 25.0 Å². The van der Waals surface area contributed by atoms with Gasteiger partial charge in [-0.05, 0) is 46.3 Å². The average molecular weight is 491 g/mol. The highest BCUT2D eigenvalue weighted by atomic mass is 79.9. The van der Waals surface area contributed by atoms with Gasteiger partial charge in [0, 0.05) is 34.3 Å². The molecule has 0 radical (unpaired) electrons. The summed E-state index contributed by atoms with van der Waals surface area (Å²) in [5, 5.41) is 26.8. The van der Waals surface area contributed by atoms with E-state index in [4.69, 9.17) is 16.6 Å². The summed E-state index contributed by atoms with van der Waals surface area (Å²) < 4.78 is 5.87. The summed E-state index contributed by atoms with van der Waals surface area (Å²) in [5.74, 6) is -0.411. The zero-order chi connectivity index (χ0) is 21.8. The van der Waals surface area contributed by atoms with Crippen molar-refractivity contribution in [3.63, 3.8) is 0 Å². The van der Waals surface area contributed by atoms with E-state index >= 15 is 0 Å². The van der Waals surface area contributed by atoms with Crippen LogP contribution in [-0.4, -0.2) is 20.9 Å². The van der Waals surface area contributed by atoms with Crippen LogP contribution in [0.25, 0.3) is 11.3 Å². The Kier molecular flexibility index (Phi) is 6.18. The number of anilines is 1. The lowest BCUT2D eigenvalue weighted by Crippen LogP contribution is -2.34. The number of amides is 1. The quantitative estimate of drug-likeness (QED) is 0.299. The molecule has 3 rings (SSSR count). The molecule has 0 saturated heterocycles. The zero-order valence-corrected chi connectivity index (χ0v) is 17.2. The fraction of sp³-hybridized carbons (Fsp3) is 0. The van der Waals surface area contributed by atoms with E-state index < -0.39 is 15.8 Å². The molecule has 0 aliphatic rings. The molecular formula is C18H11BrN4O6S. The Morgan fingerprint density at radius 3 is 2.37 bits per heavy atom. The van der Waals surface area contributed by atoms with Crippen molar-refractivity contribution in [2.45, 2.75) is 0 Å². The standard InChI is InChI=1S/C18H11BrN4O6S/c19-13-9-12(23(27)28)4-5-14(13)20-18(30)21-17(24)16-7-6-15(29-16)10-2-1-3-11(8-10)22(25)26/h1-9H,(H2,20,21,24,30). The summed E-state index contributed by atoms with van der Waals surface area (Å²) >= 11 is 8.28. The van der Waals surface area contributed by atoms with Crippen molar-refractivity contribution in [1.82, 2.24) is 5.32 Å². The zero-order valence-electron chi connectivity index (χ0n) is 14.8. The van der Waals surface area contributed by atoms with Gasteiger partial charge in [0.05, 0.1) is 15.5 Å². The highest BCUT2D eigenvalue weighted by Gasteiger charge is 2.16. The van der Waals surface area contributed by atoms with E-state index in [1.807, 2.05) is 0 Å². The first-order chi connectivity index (χ1) is 14.2. The molecule has 30 heavy (non-hydrogen) atoms. The summed E-state index contributed by atoms with van der Waals surface area (Å²) in [7, 11) is 0. The molecule has 0 unspecified atom stereocenters. The monoisotopic (exact) mass is 490 g/mol. The number of nitrogens with one attached hydrogen (secondary N) is 2. The minimum Gasteiger partial charge on any atom is -0.451 e. The van der Waals surface area contributed by atoms with E-state index in [2.05, 4.69) is 26.6 Å². The van der Waals surface area contributed by atoms with Gasteiger partial charge in [-0.1, -0.05) is 12.1 Å². The van der Waals surface area contributed by atoms with Crippen molar-refractivity contribution in [1.29, 1.82) is 0 Å². The minimum absolute atomic E-state index is 0.0524. The topological polar surface area (TPSA) is 141 Å². The molecule has 0 saturated carbocycles. The molecular weight excluding hydrogens is 480 g/mol. The first-order valence-corrected chi connectivity index (χ1v) is 9.35. The van der Waals surface area contributed by atoms with E-state index in [0.717, 1.165) is 0 Å². The molecule has 1 aromatic heterocycles. The molecule has 2 N–H and O–H groups in total. The maximum Gasteiger partial charge on any atom is 0.293 e. The summed E-state index contributed by atoms with van der Waals surface area (Å²) in [6.07, 6.45) is 0. The largest absolute Gasteiger partial charge is 0.451 e. The lowest BCUT2D eigenvalue weighted by atomic mass is 10.1. The maximum absolute atomic E-state index is 12.4. The first-order valence-electron chi connectivity index (χ1n) is 8.15. The third-order valence-corrected chi connectivity index (χ3v) is 4.67. The predicted octanol–water partition coefficient (Wildman–Crippen LogP) is 4.65. The minimum atomic E-state index is -0.637. The maximum atomic E-state index is 12.4. The first kappa shape index (κ1) is 21.1. The Morgan fingerprint density at radius 1 is 1.00 bits per heavy atom. The van der Waals surface area contributed by atoms with E-state index in [1.54, 1.807) is 6.07 Å². The molecule has 10 nitrogen and oxygen atoms in total. The van der Waals surface area contributed by atoms with Gasteiger partial charge in [0.2, 0.25) is 0 Å². The van der Waals surface area contributed by atoms with Crippen LogP contribution in [0.3, 0.4) is 0 Å². The highest BCUT2D eigenvalue weighted by Crippen LogP contribution is 2.27. The van der Waals surface area contributed by atoms with Crippen molar-refractivity contribution in [3.8, 4) is 11.3 Å². The van der Waals surface area contributed by atoms with Gasteiger partial charge in [-0.2, -0.15) is 0 Å². The lowest BCUT2D eigenvalue weighted by molar-refractivity contribution is -0.385. The van der Waals surface area contributed by atoms with Crippen molar-refractivity contribution < 1.29 is 19.1 Å². The normalized spacial score (nSPS) is 10.3. The number of carbonyl (C=O) groups is 1. The summed E-state index contributed by atoms with van der Waals surface area (Å²) in [5.41, 5.74) is 0.655. The molecule has 152 valence electrons. The van der Waals surface area contributed by atoms with Gasteiger partial charge in [0.1, 0.15) is 5.76 Å². The molecule has 0 spiro atoms. The number of nitrogens with zero attached hydrogens (tertiary/aromatic N) is 2. The van der Waals surface area contributed by atoms with Crippen LogP contribution >= 0.6 is 28.1 Å². The number of furan rings is 1. The summed E-state index contributed by atoms with van der Waals surface area (Å²) in [6.45, 7) is 0. The number of benzene rings is 2. The molecule has 0 aliphatic heterocycles. The van der Waals surface area contributed by atoms with Crippen LogP contribution in [0.15, 0.2) is 63.5 Å². The van der Waals surface area contributed by atoms with E-state index in [1.165, 1.54) is 48.5 Å². The van der Waals surface area contributed by atoms with Gasteiger partial charge in [0.25, 0.3) is 17.3 Å². The molecule has 12 heteroatoms. The van der Waals surface area contributed by atoms with Crippen molar-refractivity contribution in [2.75, 3.05) is 5.32 Å². The van der Waals surface area contributed by atoms with Crippen LogP contribution in [-0.2, 0) is 0 Å². The Balaban J connectivity index is 1.68. The van der Waals surface area contributed by atoms with Gasteiger partial charge in [0.15, 0.2) is 10.9 Å². The Labute approximate surface area is 182 Å².